The number of esters is 1. The summed E-state index contributed by atoms with van der Waals surface area (Å²) in [6.07, 6.45) is 7.11. The number of carbonyl (C=O) groups excluding carboxylic acids is 2. The number of halogens is 2. The molecule has 6 nitrogen and oxygen atoms in total. The lowest BCUT2D eigenvalue weighted by Gasteiger charge is -2.60. The third-order valence-electron chi connectivity index (χ3n) is 6.10. The zero-order chi connectivity index (χ0) is 19.2. The number of hydrogen-bond acceptors (Lipinski definition) is 5. The summed E-state index contributed by atoms with van der Waals surface area (Å²) < 4.78 is 5.18. The minimum atomic E-state index is -0.612. The van der Waals surface area contributed by atoms with Crippen molar-refractivity contribution in [2.45, 2.75) is 50.5 Å². The van der Waals surface area contributed by atoms with Crippen LogP contribution in [0, 0.1) is 17.3 Å². The number of pyridine rings is 1. The zero-order valence-electron chi connectivity index (χ0n) is 14.8. The molecule has 1 amide bonds. The Labute approximate surface area is 167 Å². The number of nitrogens with zero attached hydrogens (tertiary/aromatic N) is 1. The van der Waals surface area contributed by atoms with E-state index in [1.165, 1.54) is 12.3 Å². The van der Waals surface area contributed by atoms with Gasteiger partial charge in [0, 0.05) is 6.20 Å². The van der Waals surface area contributed by atoms with Gasteiger partial charge in [-0.05, 0) is 61.8 Å². The number of hydrogen-bond donors (Lipinski definition) is 2. The average Bonchev–Trinajstić information content (AvgIpc) is 2.53. The van der Waals surface area contributed by atoms with Gasteiger partial charge in [-0.3, -0.25) is 9.59 Å². The molecule has 4 aliphatic carbocycles. The maximum atomic E-state index is 12.4. The maximum absolute atomic E-state index is 12.4. The van der Waals surface area contributed by atoms with Gasteiger partial charge in [0.15, 0.2) is 12.4 Å². The first-order valence-electron chi connectivity index (χ1n) is 9.23. The minimum Gasteiger partial charge on any atom is -0.456 e. The molecule has 1 aromatic heterocycles. The largest absolute Gasteiger partial charge is 0.456 e. The van der Waals surface area contributed by atoms with E-state index in [0.29, 0.717) is 23.3 Å². The van der Waals surface area contributed by atoms with Crippen LogP contribution in [-0.2, 0) is 14.3 Å². The first-order chi connectivity index (χ1) is 12.7. The number of anilines is 1. The number of carbonyl (C=O) groups is 2. The van der Waals surface area contributed by atoms with E-state index >= 15 is 0 Å². The van der Waals surface area contributed by atoms with Crippen LogP contribution in [0.5, 0.6) is 0 Å². The van der Waals surface area contributed by atoms with Crippen LogP contribution >= 0.6 is 23.2 Å². The van der Waals surface area contributed by atoms with Crippen LogP contribution in [0.15, 0.2) is 12.3 Å². The number of aromatic nitrogens is 1. The van der Waals surface area contributed by atoms with Gasteiger partial charge in [0.25, 0.3) is 5.91 Å². The standard InChI is InChI=1S/C19H22Cl2N2O4/c20-13-2-14(21)17(22-8-13)23-15(24)9-27-16(25)7-18-3-11-1-12(4-18)6-19(26,5-11)10-18/h2,8,11-12,26H,1,3-7,9-10H2,(H,22,23,24)/t11-,12+,18?,19?. The summed E-state index contributed by atoms with van der Waals surface area (Å²) in [5, 5.41) is 13.8. The lowest BCUT2D eigenvalue weighted by molar-refractivity contribution is -0.177. The molecule has 5 rings (SSSR count). The third kappa shape index (κ3) is 4.08. The van der Waals surface area contributed by atoms with E-state index in [-0.39, 0.29) is 22.7 Å². The first-order valence-corrected chi connectivity index (χ1v) is 9.99. The molecule has 4 bridgehead atoms. The Bertz CT molecular complexity index is 771. The Balaban J connectivity index is 1.30. The first kappa shape index (κ1) is 19.0. The molecule has 4 atom stereocenters. The molecule has 27 heavy (non-hydrogen) atoms. The van der Waals surface area contributed by atoms with Crippen LogP contribution in [0.2, 0.25) is 10.0 Å². The quantitative estimate of drug-likeness (QED) is 0.721. The van der Waals surface area contributed by atoms with Crippen LogP contribution in [-0.4, -0.2) is 34.2 Å². The van der Waals surface area contributed by atoms with Gasteiger partial charge >= 0.3 is 5.97 Å². The summed E-state index contributed by atoms with van der Waals surface area (Å²) in [6, 6.07) is 1.47. The molecule has 2 N–H and O–H groups in total. The molecule has 4 saturated carbocycles. The molecule has 2 unspecified atom stereocenters. The third-order valence-corrected chi connectivity index (χ3v) is 6.60. The van der Waals surface area contributed by atoms with Crippen molar-refractivity contribution in [1.29, 1.82) is 0 Å². The fourth-order valence-corrected chi connectivity index (χ4v) is 6.21. The van der Waals surface area contributed by atoms with Crippen molar-refractivity contribution in [3.05, 3.63) is 22.3 Å². The van der Waals surface area contributed by atoms with Crippen LogP contribution in [0.1, 0.15) is 44.9 Å². The molecule has 1 heterocycles. The Hall–Kier alpha value is -1.37. The number of ether oxygens (including phenoxy) is 1. The molecule has 4 fully saturated rings. The lowest BCUT2D eigenvalue weighted by Crippen LogP contribution is -2.56. The molecule has 0 saturated heterocycles. The monoisotopic (exact) mass is 412 g/mol. The highest BCUT2D eigenvalue weighted by Crippen LogP contribution is 2.62. The Morgan fingerprint density at radius 2 is 1.96 bits per heavy atom. The second-order valence-electron chi connectivity index (χ2n) is 8.55. The van der Waals surface area contributed by atoms with Crippen molar-refractivity contribution in [3.63, 3.8) is 0 Å². The molecule has 8 heteroatoms. The highest BCUT2D eigenvalue weighted by atomic mass is 35.5. The number of amides is 1. The fourth-order valence-electron chi connectivity index (χ4n) is 5.79. The summed E-state index contributed by atoms with van der Waals surface area (Å²) in [5.74, 6) is 0.274. The van der Waals surface area contributed by atoms with Crippen molar-refractivity contribution in [1.82, 2.24) is 4.98 Å². The van der Waals surface area contributed by atoms with Gasteiger partial charge in [-0.15, -0.1) is 0 Å². The van der Waals surface area contributed by atoms with Crippen molar-refractivity contribution >= 4 is 40.9 Å². The zero-order valence-corrected chi connectivity index (χ0v) is 16.4. The van der Waals surface area contributed by atoms with E-state index in [1.807, 2.05) is 0 Å². The summed E-state index contributed by atoms with van der Waals surface area (Å²) >= 11 is 11.7. The van der Waals surface area contributed by atoms with Crippen LogP contribution in [0.4, 0.5) is 5.82 Å². The van der Waals surface area contributed by atoms with E-state index in [4.69, 9.17) is 27.9 Å². The number of aliphatic hydroxyl groups is 1. The van der Waals surface area contributed by atoms with E-state index in [2.05, 4.69) is 10.3 Å². The molecule has 1 aromatic rings. The van der Waals surface area contributed by atoms with Gasteiger partial charge in [-0.25, -0.2) is 4.98 Å². The van der Waals surface area contributed by atoms with E-state index in [1.54, 1.807) is 0 Å². The molecule has 0 radical (unpaired) electrons. The Morgan fingerprint density at radius 1 is 1.26 bits per heavy atom. The van der Waals surface area contributed by atoms with Gasteiger partial charge in [0.05, 0.1) is 22.1 Å². The van der Waals surface area contributed by atoms with Crippen molar-refractivity contribution < 1.29 is 19.4 Å². The van der Waals surface area contributed by atoms with Gasteiger partial charge in [0.2, 0.25) is 0 Å². The topological polar surface area (TPSA) is 88.5 Å². The van der Waals surface area contributed by atoms with Gasteiger partial charge in [-0.1, -0.05) is 23.2 Å². The van der Waals surface area contributed by atoms with Crippen molar-refractivity contribution in [3.8, 4) is 0 Å². The maximum Gasteiger partial charge on any atom is 0.306 e. The predicted octanol–water partition coefficient (Wildman–Crippen LogP) is 3.59. The number of nitrogens with one attached hydrogen (secondary N) is 1. The number of rotatable bonds is 5. The average molecular weight is 413 g/mol. The molecule has 0 aliphatic heterocycles. The van der Waals surface area contributed by atoms with E-state index < -0.39 is 24.1 Å². The molecular weight excluding hydrogens is 391 g/mol. The van der Waals surface area contributed by atoms with Gasteiger partial charge in [0.1, 0.15) is 0 Å². The molecule has 4 aliphatic rings. The lowest BCUT2D eigenvalue weighted by atomic mass is 9.47. The fraction of sp³-hybridized carbons (Fsp3) is 0.632. The van der Waals surface area contributed by atoms with Crippen LogP contribution < -0.4 is 5.32 Å². The van der Waals surface area contributed by atoms with Crippen LogP contribution in [0.3, 0.4) is 0 Å². The Kier molecular flexibility index (Phi) is 4.85. The van der Waals surface area contributed by atoms with E-state index in [9.17, 15) is 14.7 Å². The molecule has 0 spiro atoms. The second kappa shape index (κ2) is 6.90. The normalized spacial score (nSPS) is 33.7. The molecular formula is C19H22Cl2N2O4. The molecule has 146 valence electrons. The van der Waals surface area contributed by atoms with Crippen molar-refractivity contribution in [2.24, 2.45) is 17.3 Å². The highest BCUT2D eigenvalue weighted by Gasteiger charge is 2.57. The van der Waals surface area contributed by atoms with Gasteiger partial charge < -0.3 is 15.2 Å². The minimum absolute atomic E-state index is 0.172. The predicted molar refractivity (Wildman–Crippen MR) is 101 cm³/mol. The highest BCUT2D eigenvalue weighted by molar-refractivity contribution is 6.36. The van der Waals surface area contributed by atoms with Crippen molar-refractivity contribution in [2.75, 3.05) is 11.9 Å². The SMILES string of the molecule is O=C(COC(=O)CC12C[C@@H]3C[C@@H](CC(O)(C3)C1)C2)Nc1ncc(Cl)cc1Cl. The summed E-state index contributed by atoms with van der Waals surface area (Å²) in [4.78, 5) is 28.3. The second-order valence-corrected chi connectivity index (χ2v) is 9.40. The summed E-state index contributed by atoms with van der Waals surface area (Å²) in [5.41, 5.74) is -0.786. The summed E-state index contributed by atoms with van der Waals surface area (Å²) in [7, 11) is 0. The van der Waals surface area contributed by atoms with E-state index in [0.717, 1.165) is 32.1 Å². The van der Waals surface area contributed by atoms with Gasteiger partial charge in [-0.2, -0.15) is 0 Å². The summed E-state index contributed by atoms with van der Waals surface area (Å²) in [6.45, 7) is -0.396. The smallest absolute Gasteiger partial charge is 0.306 e. The Morgan fingerprint density at radius 3 is 2.59 bits per heavy atom. The van der Waals surface area contributed by atoms with Crippen LogP contribution in [0.25, 0.3) is 0 Å². The molecule has 0 aromatic carbocycles.